The molecule has 0 saturated heterocycles. The lowest BCUT2D eigenvalue weighted by Crippen LogP contribution is -2.11. The van der Waals surface area contributed by atoms with Crippen LogP contribution in [-0.2, 0) is 0 Å². The Kier molecular flexibility index (Phi) is 7.18. The highest BCUT2D eigenvalue weighted by atomic mass is 15.1. The van der Waals surface area contributed by atoms with Crippen LogP contribution in [0.4, 0.5) is 17.1 Å². The van der Waals surface area contributed by atoms with Gasteiger partial charge >= 0.3 is 0 Å². The minimum atomic E-state index is 1.11. The molecule has 0 unspecified atom stereocenters. The van der Waals surface area contributed by atoms with Gasteiger partial charge in [0, 0.05) is 33.1 Å². The molecule has 0 aliphatic heterocycles. The van der Waals surface area contributed by atoms with Gasteiger partial charge in [0.25, 0.3) is 0 Å². The number of aromatic nitrogens is 1. The van der Waals surface area contributed by atoms with E-state index in [0.29, 0.717) is 0 Å². The van der Waals surface area contributed by atoms with E-state index in [4.69, 9.17) is 0 Å². The Morgan fingerprint density at radius 3 is 1.71 bits per heavy atom. The van der Waals surface area contributed by atoms with Crippen molar-refractivity contribution in [3.63, 3.8) is 0 Å². The van der Waals surface area contributed by atoms with Crippen LogP contribution in [0.25, 0.3) is 71.3 Å². The molecule has 0 amide bonds. The average molecular weight is 663 g/mol. The number of hydrogen-bond donors (Lipinski definition) is 0. The molecule has 0 fully saturated rings. The van der Waals surface area contributed by atoms with E-state index in [2.05, 4.69) is 216 Å². The Morgan fingerprint density at radius 2 is 0.885 bits per heavy atom. The molecule has 2 nitrogen and oxygen atoms in total. The van der Waals surface area contributed by atoms with Crippen molar-refractivity contribution < 1.29 is 0 Å². The van der Waals surface area contributed by atoms with Crippen LogP contribution in [-0.4, -0.2) is 4.57 Å². The zero-order chi connectivity index (χ0) is 34.4. The summed E-state index contributed by atoms with van der Waals surface area (Å²) in [5.41, 5.74) is 11.7. The minimum absolute atomic E-state index is 1.11. The maximum atomic E-state index is 2.43. The maximum absolute atomic E-state index is 2.43. The van der Waals surface area contributed by atoms with E-state index < -0.39 is 0 Å². The van der Waals surface area contributed by atoms with Crippen LogP contribution in [0.3, 0.4) is 0 Å². The molecule has 10 rings (SSSR count). The molecule has 0 radical (unpaired) electrons. The van der Waals surface area contributed by atoms with Gasteiger partial charge in [0.15, 0.2) is 0 Å². The van der Waals surface area contributed by atoms with E-state index in [1.165, 1.54) is 65.6 Å². The Balaban J connectivity index is 1.17. The molecule has 1 heterocycles. The molecule has 9 aromatic carbocycles. The van der Waals surface area contributed by atoms with Crippen LogP contribution in [0.2, 0.25) is 0 Å². The minimum Gasteiger partial charge on any atom is -0.309 e. The lowest BCUT2D eigenvalue weighted by molar-refractivity contribution is 1.18. The molecule has 0 bridgehead atoms. The maximum Gasteiger partial charge on any atom is 0.0541 e. The SMILES string of the molecule is c1ccc(-n2c3ccccc3c3cc(-c4ccccc4N(c4ccc(-c5cccc6ccccc56)cc4)c4cccc5ccccc45)ccc32)cc1. The summed E-state index contributed by atoms with van der Waals surface area (Å²) in [6.07, 6.45) is 0. The van der Waals surface area contributed by atoms with Crippen molar-refractivity contribution in [3.05, 3.63) is 206 Å². The van der Waals surface area contributed by atoms with Crippen LogP contribution in [0.5, 0.6) is 0 Å². The van der Waals surface area contributed by atoms with Crippen LogP contribution in [0.1, 0.15) is 0 Å². The molecular weight excluding hydrogens is 629 g/mol. The molecule has 1 aromatic heterocycles. The number of anilines is 3. The van der Waals surface area contributed by atoms with Gasteiger partial charge in [0.1, 0.15) is 0 Å². The van der Waals surface area contributed by atoms with Gasteiger partial charge < -0.3 is 9.47 Å². The molecule has 0 saturated carbocycles. The van der Waals surface area contributed by atoms with E-state index in [9.17, 15) is 0 Å². The first-order valence-electron chi connectivity index (χ1n) is 17.9. The predicted octanol–water partition coefficient (Wildman–Crippen LogP) is 13.9. The molecule has 0 atom stereocenters. The normalized spacial score (nSPS) is 11.5. The van der Waals surface area contributed by atoms with Crippen LogP contribution in [0, 0.1) is 0 Å². The molecule has 244 valence electrons. The first-order chi connectivity index (χ1) is 25.8. The van der Waals surface area contributed by atoms with Gasteiger partial charge in [-0.1, -0.05) is 152 Å². The fraction of sp³-hybridized carbons (Fsp3) is 0. The molecule has 2 heteroatoms. The fourth-order valence-electron chi connectivity index (χ4n) is 7.99. The second kappa shape index (κ2) is 12.5. The van der Waals surface area contributed by atoms with Crippen LogP contribution in [0.15, 0.2) is 206 Å². The lowest BCUT2D eigenvalue weighted by Gasteiger charge is -2.29. The van der Waals surface area contributed by atoms with E-state index in [0.717, 1.165) is 22.7 Å². The Morgan fingerprint density at radius 1 is 0.327 bits per heavy atom. The molecule has 0 spiro atoms. The third-order valence-corrected chi connectivity index (χ3v) is 10.4. The number of nitrogens with zero attached hydrogens (tertiary/aromatic N) is 2. The molecule has 0 aliphatic rings. The molecule has 0 N–H and O–H groups in total. The Labute approximate surface area is 303 Å². The van der Waals surface area contributed by atoms with Crippen molar-refractivity contribution in [1.29, 1.82) is 0 Å². The number of para-hydroxylation sites is 3. The number of fused-ring (bicyclic) bond motifs is 5. The first-order valence-corrected chi connectivity index (χ1v) is 17.9. The highest BCUT2D eigenvalue weighted by Crippen LogP contribution is 2.45. The van der Waals surface area contributed by atoms with Crippen molar-refractivity contribution in [2.45, 2.75) is 0 Å². The summed E-state index contributed by atoms with van der Waals surface area (Å²) < 4.78 is 2.38. The number of hydrogen-bond acceptors (Lipinski definition) is 1. The molecular formula is C50H34N2. The summed E-state index contributed by atoms with van der Waals surface area (Å²) in [7, 11) is 0. The average Bonchev–Trinajstić information content (AvgIpc) is 3.55. The second-order valence-corrected chi connectivity index (χ2v) is 13.3. The standard InChI is InChI=1S/C50H34N2/c1-2-18-39(19-3-1)51-49-26-11-9-23-45(49)46-34-38(30-33-50(46)51)44-22-8-10-25-47(44)52(48-27-13-17-36-15-5-7-21-43(36)48)40-31-28-37(29-32-40)42-24-12-16-35-14-4-6-20-41(35)42/h1-34H. The summed E-state index contributed by atoms with van der Waals surface area (Å²) in [6, 6.07) is 74.7. The fourth-order valence-corrected chi connectivity index (χ4v) is 7.99. The quantitative estimate of drug-likeness (QED) is 0.172. The summed E-state index contributed by atoms with van der Waals surface area (Å²) >= 11 is 0. The zero-order valence-corrected chi connectivity index (χ0v) is 28.5. The smallest absolute Gasteiger partial charge is 0.0541 e. The van der Waals surface area contributed by atoms with E-state index in [-0.39, 0.29) is 0 Å². The number of benzene rings is 9. The van der Waals surface area contributed by atoms with Crippen molar-refractivity contribution in [3.8, 4) is 27.9 Å². The highest BCUT2D eigenvalue weighted by molar-refractivity contribution is 6.11. The van der Waals surface area contributed by atoms with Gasteiger partial charge in [-0.2, -0.15) is 0 Å². The van der Waals surface area contributed by atoms with Gasteiger partial charge in [-0.05, 0) is 87.4 Å². The number of rotatable bonds is 6. The van der Waals surface area contributed by atoms with Gasteiger partial charge in [-0.25, -0.2) is 0 Å². The predicted molar refractivity (Wildman–Crippen MR) is 221 cm³/mol. The third kappa shape index (κ3) is 4.96. The van der Waals surface area contributed by atoms with Crippen LogP contribution >= 0.6 is 0 Å². The Bertz CT molecular complexity index is 2890. The largest absolute Gasteiger partial charge is 0.309 e. The topological polar surface area (TPSA) is 8.17 Å². The summed E-state index contributed by atoms with van der Waals surface area (Å²) in [5.74, 6) is 0. The summed E-state index contributed by atoms with van der Waals surface area (Å²) in [5, 5.41) is 7.42. The second-order valence-electron chi connectivity index (χ2n) is 13.3. The van der Waals surface area contributed by atoms with E-state index in [1.807, 2.05) is 0 Å². The van der Waals surface area contributed by atoms with Crippen LogP contribution < -0.4 is 4.90 Å². The van der Waals surface area contributed by atoms with Gasteiger partial charge in [-0.3, -0.25) is 0 Å². The Hall–Kier alpha value is -6.90. The summed E-state index contributed by atoms with van der Waals surface area (Å²) in [6.45, 7) is 0. The van der Waals surface area contributed by atoms with Crippen molar-refractivity contribution in [2.75, 3.05) is 4.90 Å². The summed E-state index contributed by atoms with van der Waals surface area (Å²) in [4.78, 5) is 2.43. The van der Waals surface area contributed by atoms with E-state index in [1.54, 1.807) is 0 Å². The van der Waals surface area contributed by atoms with Gasteiger partial charge in [-0.15, -0.1) is 0 Å². The van der Waals surface area contributed by atoms with Crippen molar-refractivity contribution >= 4 is 60.4 Å². The molecule has 52 heavy (non-hydrogen) atoms. The lowest BCUT2D eigenvalue weighted by atomic mass is 9.97. The molecule has 0 aliphatic carbocycles. The van der Waals surface area contributed by atoms with Gasteiger partial charge in [0.2, 0.25) is 0 Å². The molecule has 10 aromatic rings. The first kappa shape index (κ1) is 30.0. The van der Waals surface area contributed by atoms with Crippen molar-refractivity contribution in [1.82, 2.24) is 4.57 Å². The monoisotopic (exact) mass is 662 g/mol. The highest BCUT2D eigenvalue weighted by Gasteiger charge is 2.20. The van der Waals surface area contributed by atoms with Crippen molar-refractivity contribution in [2.24, 2.45) is 0 Å². The van der Waals surface area contributed by atoms with Gasteiger partial charge in [0.05, 0.1) is 22.4 Å². The third-order valence-electron chi connectivity index (χ3n) is 10.4. The zero-order valence-electron chi connectivity index (χ0n) is 28.5. The van der Waals surface area contributed by atoms with E-state index >= 15 is 0 Å².